The van der Waals surface area contributed by atoms with Crippen LogP contribution >= 0.6 is 11.6 Å². The zero-order valence-electron chi connectivity index (χ0n) is 15.4. The minimum absolute atomic E-state index is 0.00687. The van der Waals surface area contributed by atoms with Crippen LogP contribution in [-0.2, 0) is 4.79 Å². The third kappa shape index (κ3) is 4.85. The van der Waals surface area contributed by atoms with Crippen molar-refractivity contribution in [1.29, 1.82) is 0 Å². The van der Waals surface area contributed by atoms with Crippen LogP contribution in [0.2, 0.25) is 5.02 Å². The number of para-hydroxylation sites is 1. The number of carbonyl (C=O) groups is 1. The number of aryl methyl sites for hydroxylation is 1. The van der Waals surface area contributed by atoms with E-state index in [1.54, 1.807) is 6.07 Å². The first kappa shape index (κ1) is 21.5. The standard InChI is InChI=1S/C20H14ClF3O6/c1-10-7-12(17-8-14(25)11-3-2-4-13(21)19(11)29-17)16(28-6-5-18(26)27)9-15(10)30-20(22,23)24/h2-4,7-9H,5-6H2,1H3,(H,26,27). The third-order valence-corrected chi connectivity index (χ3v) is 4.35. The molecule has 10 heteroatoms. The molecule has 0 fully saturated rings. The maximum Gasteiger partial charge on any atom is 0.573 e. The second-order valence-electron chi connectivity index (χ2n) is 6.25. The SMILES string of the molecule is Cc1cc(-c2cc(=O)c3cccc(Cl)c3o2)c(OCCC(=O)O)cc1OC(F)(F)F. The van der Waals surface area contributed by atoms with E-state index in [1.807, 2.05) is 0 Å². The minimum Gasteiger partial charge on any atom is -0.492 e. The molecule has 1 aromatic heterocycles. The molecular weight excluding hydrogens is 429 g/mol. The largest absolute Gasteiger partial charge is 0.573 e. The van der Waals surface area contributed by atoms with E-state index in [4.69, 9.17) is 25.9 Å². The van der Waals surface area contributed by atoms with Crippen LogP contribution in [0.15, 0.2) is 45.6 Å². The van der Waals surface area contributed by atoms with Crippen LogP contribution in [0.1, 0.15) is 12.0 Å². The molecule has 1 N–H and O–H groups in total. The Morgan fingerprint density at radius 3 is 2.60 bits per heavy atom. The summed E-state index contributed by atoms with van der Waals surface area (Å²) in [6, 6.07) is 8.03. The molecule has 0 amide bonds. The van der Waals surface area contributed by atoms with Crippen molar-refractivity contribution in [3.63, 3.8) is 0 Å². The number of carboxylic acids is 1. The van der Waals surface area contributed by atoms with Gasteiger partial charge in [0.05, 0.1) is 29.0 Å². The number of aliphatic carboxylic acids is 1. The molecule has 0 radical (unpaired) electrons. The van der Waals surface area contributed by atoms with Crippen molar-refractivity contribution in [2.75, 3.05) is 6.61 Å². The number of ether oxygens (including phenoxy) is 2. The Balaban J connectivity index is 2.16. The number of rotatable bonds is 6. The van der Waals surface area contributed by atoms with Crippen LogP contribution in [0.5, 0.6) is 11.5 Å². The molecule has 3 aromatic rings. The van der Waals surface area contributed by atoms with Crippen LogP contribution in [0.3, 0.4) is 0 Å². The van der Waals surface area contributed by atoms with Crippen LogP contribution in [-0.4, -0.2) is 24.0 Å². The van der Waals surface area contributed by atoms with Crippen LogP contribution in [0, 0.1) is 6.92 Å². The highest BCUT2D eigenvalue weighted by Crippen LogP contribution is 2.39. The van der Waals surface area contributed by atoms with Gasteiger partial charge in [-0.25, -0.2) is 0 Å². The van der Waals surface area contributed by atoms with Crippen LogP contribution in [0.4, 0.5) is 13.2 Å². The predicted molar refractivity (Wildman–Crippen MR) is 102 cm³/mol. The van der Waals surface area contributed by atoms with E-state index < -0.39 is 29.9 Å². The number of benzene rings is 2. The maximum atomic E-state index is 12.7. The lowest BCUT2D eigenvalue weighted by molar-refractivity contribution is -0.274. The Bertz CT molecular complexity index is 1170. The van der Waals surface area contributed by atoms with Gasteiger partial charge in [0.2, 0.25) is 0 Å². The normalized spacial score (nSPS) is 11.5. The molecule has 0 saturated heterocycles. The molecule has 0 aliphatic heterocycles. The number of alkyl halides is 3. The summed E-state index contributed by atoms with van der Waals surface area (Å²) < 4.78 is 53.2. The molecule has 6 nitrogen and oxygen atoms in total. The molecular formula is C20H14ClF3O6. The average molecular weight is 443 g/mol. The highest BCUT2D eigenvalue weighted by atomic mass is 35.5. The van der Waals surface area contributed by atoms with Crippen molar-refractivity contribution >= 4 is 28.5 Å². The molecule has 0 aliphatic carbocycles. The zero-order valence-corrected chi connectivity index (χ0v) is 16.1. The van der Waals surface area contributed by atoms with Crippen molar-refractivity contribution < 1.29 is 37.0 Å². The van der Waals surface area contributed by atoms with Gasteiger partial charge in [-0.1, -0.05) is 17.7 Å². The molecule has 1 heterocycles. The quantitative estimate of drug-likeness (QED) is 0.566. The fourth-order valence-corrected chi connectivity index (χ4v) is 2.95. The van der Waals surface area contributed by atoms with Crippen molar-refractivity contribution in [1.82, 2.24) is 0 Å². The Morgan fingerprint density at radius 1 is 1.20 bits per heavy atom. The summed E-state index contributed by atoms with van der Waals surface area (Å²) in [5.74, 6) is -1.83. The van der Waals surface area contributed by atoms with E-state index in [0.29, 0.717) is 0 Å². The topological polar surface area (TPSA) is 86.0 Å². The fourth-order valence-electron chi connectivity index (χ4n) is 2.74. The number of hydrogen-bond acceptors (Lipinski definition) is 5. The summed E-state index contributed by atoms with van der Waals surface area (Å²) in [6.45, 7) is 1.05. The van der Waals surface area contributed by atoms with Gasteiger partial charge >= 0.3 is 12.3 Å². The van der Waals surface area contributed by atoms with Gasteiger partial charge in [-0.05, 0) is 30.7 Å². The van der Waals surface area contributed by atoms with Gasteiger partial charge in [-0.15, -0.1) is 13.2 Å². The van der Waals surface area contributed by atoms with E-state index >= 15 is 0 Å². The van der Waals surface area contributed by atoms with E-state index in [2.05, 4.69) is 4.74 Å². The Labute approximate surface area is 172 Å². The van der Waals surface area contributed by atoms with Crippen LogP contribution < -0.4 is 14.9 Å². The van der Waals surface area contributed by atoms with Gasteiger partial charge < -0.3 is 19.0 Å². The Hall–Kier alpha value is -3.20. The monoisotopic (exact) mass is 442 g/mol. The van der Waals surface area contributed by atoms with Gasteiger partial charge in [0.15, 0.2) is 11.0 Å². The summed E-state index contributed by atoms with van der Waals surface area (Å²) >= 11 is 6.10. The van der Waals surface area contributed by atoms with E-state index in [1.165, 1.54) is 25.1 Å². The number of halogens is 4. The van der Waals surface area contributed by atoms with Crippen molar-refractivity contribution in [3.05, 3.63) is 57.2 Å². The third-order valence-electron chi connectivity index (χ3n) is 4.05. The van der Waals surface area contributed by atoms with Crippen molar-refractivity contribution in [3.8, 4) is 22.8 Å². The number of carboxylic acid groups (broad SMARTS) is 1. The smallest absolute Gasteiger partial charge is 0.492 e. The molecule has 0 aliphatic rings. The van der Waals surface area contributed by atoms with Crippen LogP contribution in [0.25, 0.3) is 22.3 Å². The summed E-state index contributed by atoms with van der Waals surface area (Å²) in [5.41, 5.74) is -0.0777. The number of hydrogen-bond donors (Lipinski definition) is 1. The van der Waals surface area contributed by atoms with E-state index in [9.17, 15) is 22.8 Å². The average Bonchev–Trinajstić information content (AvgIpc) is 2.63. The molecule has 30 heavy (non-hydrogen) atoms. The first-order valence-corrected chi connectivity index (χ1v) is 8.90. The lowest BCUT2D eigenvalue weighted by Gasteiger charge is -2.16. The first-order valence-electron chi connectivity index (χ1n) is 8.53. The molecule has 0 spiro atoms. The molecule has 3 rings (SSSR count). The summed E-state index contributed by atoms with van der Waals surface area (Å²) in [6.07, 6.45) is -5.33. The Morgan fingerprint density at radius 2 is 1.93 bits per heavy atom. The second-order valence-corrected chi connectivity index (χ2v) is 6.65. The number of fused-ring (bicyclic) bond motifs is 1. The zero-order chi connectivity index (χ0) is 22.1. The van der Waals surface area contributed by atoms with E-state index in [0.717, 1.165) is 12.1 Å². The van der Waals surface area contributed by atoms with Crippen molar-refractivity contribution in [2.45, 2.75) is 19.7 Å². The highest BCUT2D eigenvalue weighted by Gasteiger charge is 2.32. The lowest BCUT2D eigenvalue weighted by atomic mass is 10.1. The second kappa shape index (κ2) is 8.27. The molecule has 0 unspecified atom stereocenters. The minimum atomic E-state index is -4.94. The fraction of sp³-hybridized carbons (Fsp3) is 0.200. The molecule has 0 saturated carbocycles. The molecule has 0 bridgehead atoms. The molecule has 0 atom stereocenters. The lowest BCUT2D eigenvalue weighted by Crippen LogP contribution is -2.18. The highest BCUT2D eigenvalue weighted by molar-refractivity contribution is 6.34. The summed E-state index contributed by atoms with van der Waals surface area (Å²) in [4.78, 5) is 23.2. The predicted octanol–water partition coefficient (Wildman–Crippen LogP) is 5.17. The molecule has 158 valence electrons. The van der Waals surface area contributed by atoms with Gasteiger partial charge in [-0.2, -0.15) is 0 Å². The summed E-state index contributed by atoms with van der Waals surface area (Å²) in [5, 5.41) is 9.19. The molecule has 2 aromatic carbocycles. The maximum absolute atomic E-state index is 12.7. The van der Waals surface area contributed by atoms with E-state index in [-0.39, 0.29) is 45.2 Å². The van der Waals surface area contributed by atoms with Crippen molar-refractivity contribution in [2.24, 2.45) is 0 Å². The Kier molecular flexibility index (Phi) is 5.93. The van der Waals surface area contributed by atoms with Gasteiger partial charge in [0, 0.05) is 12.1 Å². The van der Waals surface area contributed by atoms with Gasteiger partial charge in [0.1, 0.15) is 17.3 Å². The van der Waals surface area contributed by atoms with Gasteiger partial charge in [-0.3, -0.25) is 9.59 Å². The summed E-state index contributed by atoms with van der Waals surface area (Å²) in [7, 11) is 0. The van der Waals surface area contributed by atoms with Gasteiger partial charge in [0.25, 0.3) is 0 Å². The first-order chi connectivity index (χ1) is 14.0.